The fraction of sp³-hybridized carbons (Fsp3) is 0.355. The number of rotatable bonds is 12. The molecule has 6 nitrogen and oxygen atoms in total. The van der Waals surface area contributed by atoms with E-state index in [9.17, 15) is 14.7 Å². The summed E-state index contributed by atoms with van der Waals surface area (Å²) in [5, 5.41) is 12.8. The van der Waals surface area contributed by atoms with E-state index in [1.54, 1.807) is 0 Å². The van der Waals surface area contributed by atoms with Crippen LogP contribution in [-0.2, 0) is 29.0 Å². The van der Waals surface area contributed by atoms with Crippen molar-refractivity contribution in [1.82, 2.24) is 5.32 Å². The minimum absolute atomic E-state index is 0.274. The molecule has 196 valence electrons. The topological polar surface area (TPSA) is 84.9 Å². The number of alkyl carbamates (subject to hydrolysis) is 1. The van der Waals surface area contributed by atoms with Crippen molar-refractivity contribution >= 4 is 12.1 Å². The molecule has 0 unspecified atom stereocenters. The minimum Gasteiger partial charge on any atom is -0.489 e. The third kappa shape index (κ3) is 10.4. The van der Waals surface area contributed by atoms with Crippen LogP contribution in [0.3, 0.4) is 0 Å². The lowest BCUT2D eigenvalue weighted by Gasteiger charge is -2.25. The number of nitrogens with one attached hydrogen (secondary N) is 1. The molecule has 6 heteroatoms. The maximum Gasteiger partial charge on any atom is 0.407 e. The van der Waals surface area contributed by atoms with Crippen molar-refractivity contribution in [2.24, 2.45) is 5.92 Å². The second-order valence-electron chi connectivity index (χ2n) is 10.3. The Labute approximate surface area is 219 Å². The number of amides is 1. The van der Waals surface area contributed by atoms with Crippen LogP contribution in [0.25, 0.3) is 0 Å². The summed E-state index contributed by atoms with van der Waals surface area (Å²) in [6.07, 6.45) is 1.44. The molecule has 3 aromatic rings. The average molecular weight is 504 g/mol. The van der Waals surface area contributed by atoms with Gasteiger partial charge < -0.3 is 19.9 Å². The van der Waals surface area contributed by atoms with Crippen LogP contribution in [0.4, 0.5) is 4.79 Å². The molecule has 0 aromatic heterocycles. The first-order valence-electron chi connectivity index (χ1n) is 12.7. The molecule has 0 saturated heterocycles. The molecule has 0 fully saturated rings. The summed E-state index contributed by atoms with van der Waals surface area (Å²) < 4.78 is 11.3. The molecule has 0 aliphatic carbocycles. The van der Waals surface area contributed by atoms with Crippen LogP contribution in [0.2, 0.25) is 0 Å². The summed E-state index contributed by atoms with van der Waals surface area (Å²) in [4.78, 5) is 24.5. The Bertz CT molecular complexity index is 1110. The van der Waals surface area contributed by atoms with Crippen molar-refractivity contribution in [2.45, 2.75) is 64.7 Å². The molecule has 37 heavy (non-hydrogen) atoms. The number of hydrogen-bond donors (Lipinski definition) is 2. The fourth-order valence-electron chi connectivity index (χ4n) is 4.06. The van der Waals surface area contributed by atoms with E-state index in [-0.39, 0.29) is 6.04 Å². The molecule has 0 bridgehead atoms. The highest BCUT2D eigenvalue weighted by Gasteiger charge is 2.23. The maximum absolute atomic E-state index is 12.5. The number of ether oxygens (including phenoxy) is 2. The Balaban J connectivity index is 1.64. The molecular weight excluding hydrogens is 466 g/mol. The van der Waals surface area contributed by atoms with Gasteiger partial charge in [0, 0.05) is 6.04 Å². The van der Waals surface area contributed by atoms with Crippen LogP contribution in [-0.4, -0.2) is 28.8 Å². The van der Waals surface area contributed by atoms with Crippen molar-refractivity contribution in [2.75, 3.05) is 0 Å². The van der Waals surface area contributed by atoms with E-state index in [1.165, 1.54) is 0 Å². The van der Waals surface area contributed by atoms with Gasteiger partial charge in [0.25, 0.3) is 0 Å². The molecular formula is C31H37NO5. The van der Waals surface area contributed by atoms with Crippen LogP contribution >= 0.6 is 0 Å². The Morgan fingerprint density at radius 2 is 1.35 bits per heavy atom. The predicted octanol–water partition coefficient (Wildman–Crippen LogP) is 6.43. The number of carbonyl (C=O) groups excluding carboxylic acids is 1. The second-order valence-corrected chi connectivity index (χ2v) is 10.3. The largest absolute Gasteiger partial charge is 0.489 e. The first-order chi connectivity index (χ1) is 17.7. The van der Waals surface area contributed by atoms with Crippen molar-refractivity contribution in [3.8, 4) is 5.75 Å². The van der Waals surface area contributed by atoms with Crippen LogP contribution in [0.5, 0.6) is 5.75 Å². The average Bonchev–Trinajstić information content (AvgIpc) is 2.86. The zero-order chi connectivity index (χ0) is 26.7. The number of hydrogen-bond acceptors (Lipinski definition) is 4. The summed E-state index contributed by atoms with van der Waals surface area (Å²) >= 11 is 0. The molecule has 0 aliphatic heterocycles. The van der Waals surface area contributed by atoms with Crippen molar-refractivity contribution < 1.29 is 24.2 Å². The van der Waals surface area contributed by atoms with Crippen LogP contribution in [0.15, 0.2) is 84.9 Å². The van der Waals surface area contributed by atoms with Crippen LogP contribution in [0.1, 0.15) is 50.3 Å². The van der Waals surface area contributed by atoms with Crippen LogP contribution in [0, 0.1) is 5.92 Å². The maximum atomic E-state index is 12.5. The van der Waals surface area contributed by atoms with Gasteiger partial charge in [0.1, 0.15) is 18.0 Å². The highest BCUT2D eigenvalue weighted by atomic mass is 16.6. The number of carboxylic acids is 1. The van der Waals surface area contributed by atoms with Gasteiger partial charge in [0.15, 0.2) is 0 Å². The first kappa shape index (κ1) is 27.8. The zero-order valence-electron chi connectivity index (χ0n) is 21.9. The van der Waals surface area contributed by atoms with Gasteiger partial charge in [-0.2, -0.15) is 0 Å². The molecule has 0 heterocycles. The molecule has 2 N–H and O–H groups in total. The van der Waals surface area contributed by atoms with Crippen molar-refractivity contribution in [3.05, 3.63) is 102 Å². The van der Waals surface area contributed by atoms with Gasteiger partial charge in [0.2, 0.25) is 0 Å². The lowest BCUT2D eigenvalue weighted by atomic mass is 9.91. The predicted molar refractivity (Wildman–Crippen MR) is 145 cm³/mol. The number of benzene rings is 3. The van der Waals surface area contributed by atoms with Crippen molar-refractivity contribution in [1.29, 1.82) is 0 Å². The Morgan fingerprint density at radius 1 is 0.784 bits per heavy atom. The molecule has 0 saturated carbocycles. The van der Waals surface area contributed by atoms with Gasteiger partial charge >= 0.3 is 12.1 Å². The standard InChI is InChI=1S/C31H37NO5/c1-31(2,3)37-30(35)32-27(17-16-26(29(33)34)20-23-10-6-4-7-11-23)21-24-14-18-28(19-15-24)36-22-25-12-8-5-9-13-25/h4-15,18-19,26-27H,16-17,20-22H2,1-3H3,(H,32,35)(H,33,34)/t26-,27-/m1/s1. The molecule has 0 spiro atoms. The summed E-state index contributed by atoms with van der Waals surface area (Å²) in [7, 11) is 0. The summed E-state index contributed by atoms with van der Waals surface area (Å²) in [5.41, 5.74) is 2.47. The van der Waals surface area contributed by atoms with E-state index in [0.29, 0.717) is 32.3 Å². The summed E-state index contributed by atoms with van der Waals surface area (Å²) in [5.74, 6) is -0.614. The molecule has 3 aromatic carbocycles. The molecule has 3 rings (SSSR count). The summed E-state index contributed by atoms with van der Waals surface area (Å²) in [6, 6.07) is 27.1. The van der Waals surface area contributed by atoms with E-state index in [0.717, 1.165) is 22.4 Å². The SMILES string of the molecule is CC(C)(C)OC(=O)N[C@H](CC[C@H](Cc1ccccc1)C(=O)O)Cc1ccc(OCc2ccccc2)cc1. The van der Waals surface area contributed by atoms with Gasteiger partial charge in [-0.3, -0.25) is 4.79 Å². The fourth-order valence-corrected chi connectivity index (χ4v) is 4.06. The van der Waals surface area contributed by atoms with E-state index in [4.69, 9.17) is 9.47 Å². The molecule has 2 atom stereocenters. The Morgan fingerprint density at radius 3 is 1.92 bits per heavy atom. The number of carbonyl (C=O) groups is 2. The number of carboxylic acid groups (broad SMARTS) is 1. The smallest absolute Gasteiger partial charge is 0.407 e. The lowest BCUT2D eigenvalue weighted by Crippen LogP contribution is -2.40. The highest BCUT2D eigenvalue weighted by molar-refractivity contribution is 5.70. The van der Waals surface area contributed by atoms with E-state index in [1.807, 2.05) is 106 Å². The van der Waals surface area contributed by atoms with Gasteiger partial charge in [-0.25, -0.2) is 4.79 Å². The van der Waals surface area contributed by atoms with Crippen molar-refractivity contribution in [3.63, 3.8) is 0 Å². The van der Waals surface area contributed by atoms with Gasteiger partial charge in [0.05, 0.1) is 5.92 Å². The third-order valence-corrected chi connectivity index (χ3v) is 5.91. The Kier molecular flexibility index (Phi) is 10.1. The highest BCUT2D eigenvalue weighted by Crippen LogP contribution is 2.20. The van der Waals surface area contributed by atoms with E-state index < -0.39 is 23.6 Å². The normalized spacial score (nSPS) is 12.8. The molecule has 0 radical (unpaired) electrons. The van der Waals surface area contributed by atoms with Gasteiger partial charge in [-0.15, -0.1) is 0 Å². The molecule has 0 aliphatic rings. The zero-order valence-corrected chi connectivity index (χ0v) is 21.9. The summed E-state index contributed by atoms with van der Waals surface area (Å²) in [6.45, 7) is 5.93. The van der Waals surface area contributed by atoms with E-state index in [2.05, 4.69) is 5.32 Å². The third-order valence-electron chi connectivity index (χ3n) is 5.91. The monoisotopic (exact) mass is 503 g/mol. The lowest BCUT2D eigenvalue weighted by molar-refractivity contribution is -0.142. The number of aliphatic carboxylic acids is 1. The Hall–Kier alpha value is -3.80. The van der Waals surface area contributed by atoms with Gasteiger partial charge in [-0.05, 0) is 75.3 Å². The first-order valence-corrected chi connectivity index (χ1v) is 12.7. The molecule has 1 amide bonds. The quantitative estimate of drug-likeness (QED) is 0.298. The van der Waals surface area contributed by atoms with E-state index >= 15 is 0 Å². The minimum atomic E-state index is -0.834. The van der Waals surface area contributed by atoms with Crippen LogP contribution < -0.4 is 10.1 Å². The second kappa shape index (κ2) is 13.5. The van der Waals surface area contributed by atoms with Gasteiger partial charge in [-0.1, -0.05) is 72.8 Å².